The maximum atomic E-state index is 11.5. The second-order valence-corrected chi connectivity index (χ2v) is 6.26. The van der Waals surface area contributed by atoms with Gasteiger partial charge in [0.1, 0.15) is 5.69 Å². The summed E-state index contributed by atoms with van der Waals surface area (Å²) in [6.45, 7) is 7.12. The summed E-state index contributed by atoms with van der Waals surface area (Å²) < 4.78 is 0. The normalized spacial score (nSPS) is 14.3. The number of nitrogens with one attached hydrogen (secondary N) is 2. The Labute approximate surface area is 133 Å². The first-order chi connectivity index (χ1) is 11.0. The van der Waals surface area contributed by atoms with Crippen LogP contribution in [0.25, 0.3) is 22.6 Å². The predicted octanol–water partition coefficient (Wildman–Crippen LogP) is 2.47. The number of aryl methyl sites for hydroxylation is 2. The summed E-state index contributed by atoms with van der Waals surface area (Å²) >= 11 is 0. The zero-order chi connectivity index (χ0) is 16.1. The Morgan fingerprint density at radius 1 is 1.26 bits per heavy atom. The van der Waals surface area contributed by atoms with Gasteiger partial charge in [0, 0.05) is 19.0 Å². The van der Waals surface area contributed by atoms with Gasteiger partial charge in [0.25, 0.3) is 0 Å². The molecule has 3 heterocycles. The predicted molar refractivity (Wildman–Crippen MR) is 87.9 cm³/mol. The van der Waals surface area contributed by atoms with Gasteiger partial charge in [0.2, 0.25) is 5.91 Å². The summed E-state index contributed by atoms with van der Waals surface area (Å²) in [4.78, 5) is 21.4. The van der Waals surface area contributed by atoms with Gasteiger partial charge >= 0.3 is 0 Å². The Hall–Kier alpha value is -2.63. The van der Waals surface area contributed by atoms with Crippen molar-refractivity contribution in [2.24, 2.45) is 0 Å². The zero-order valence-electron chi connectivity index (χ0n) is 13.5. The molecule has 23 heavy (non-hydrogen) atoms. The van der Waals surface area contributed by atoms with Gasteiger partial charge in [-0.3, -0.25) is 9.89 Å². The molecule has 1 amide bonds. The topological polar surface area (TPSA) is 77.7 Å². The van der Waals surface area contributed by atoms with E-state index in [1.54, 1.807) is 6.92 Å². The highest BCUT2D eigenvalue weighted by molar-refractivity contribution is 5.81. The molecule has 1 aliphatic heterocycles. The minimum atomic E-state index is 0.0986. The molecule has 6 nitrogen and oxygen atoms in total. The van der Waals surface area contributed by atoms with Crippen molar-refractivity contribution in [3.8, 4) is 11.5 Å². The quantitative estimate of drug-likeness (QED) is 0.725. The SMILES string of the molecule is CC(=O)N1CCc2c(-c3nc4cc(C)c(C)cc4[nH]3)n[nH]c2C1. The van der Waals surface area contributed by atoms with E-state index in [4.69, 9.17) is 4.98 Å². The first-order valence-electron chi connectivity index (χ1n) is 7.82. The summed E-state index contributed by atoms with van der Waals surface area (Å²) in [5.74, 6) is 0.889. The second-order valence-electron chi connectivity index (χ2n) is 6.26. The Kier molecular flexibility index (Phi) is 3.01. The van der Waals surface area contributed by atoms with Gasteiger partial charge in [-0.1, -0.05) is 0 Å². The fourth-order valence-electron chi connectivity index (χ4n) is 3.16. The molecule has 1 aromatic carbocycles. The number of fused-ring (bicyclic) bond motifs is 2. The molecule has 0 bridgehead atoms. The minimum Gasteiger partial charge on any atom is -0.337 e. The molecule has 0 saturated carbocycles. The number of amides is 1. The van der Waals surface area contributed by atoms with Crippen LogP contribution in [0.5, 0.6) is 0 Å². The van der Waals surface area contributed by atoms with Crippen molar-refractivity contribution < 1.29 is 4.79 Å². The minimum absolute atomic E-state index is 0.0986. The average molecular weight is 309 g/mol. The van der Waals surface area contributed by atoms with Crippen molar-refractivity contribution in [2.75, 3.05) is 6.54 Å². The van der Waals surface area contributed by atoms with Crippen LogP contribution in [0, 0.1) is 13.8 Å². The maximum absolute atomic E-state index is 11.5. The summed E-state index contributed by atoms with van der Waals surface area (Å²) in [6, 6.07) is 4.22. The van der Waals surface area contributed by atoms with Crippen molar-refractivity contribution in [1.29, 1.82) is 0 Å². The van der Waals surface area contributed by atoms with Crippen molar-refractivity contribution >= 4 is 16.9 Å². The molecule has 118 valence electrons. The fraction of sp³-hybridized carbons (Fsp3) is 0.353. The van der Waals surface area contributed by atoms with Crippen LogP contribution in [0.2, 0.25) is 0 Å². The molecular weight excluding hydrogens is 290 g/mol. The highest BCUT2D eigenvalue weighted by atomic mass is 16.2. The molecule has 0 saturated heterocycles. The number of H-pyrrole nitrogens is 2. The van der Waals surface area contributed by atoms with Crippen LogP contribution >= 0.6 is 0 Å². The highest BCUT2D eigenvalue weighted by Crippen LogP contribution is 2.28. The molecule has 0 fully saturated rings. The number of carbonyl (C=O) groups excluding carboxylic acids is 1. The number of benzene rings is 1. The van der Waals surface area contributed by atoms with Gasteiger partial charge in [-0.15, -0.1) is 0 Å². The lowest BCUT2D eigenvalue weighted by Crippen LogP contribution is -2.34. The van der Waals surface area contributed by atoms with E-state index in [1.165, 1.54) is 11.1 Å². The summed E-state index contributed by atoms with van der Waals surface area (Å²) in [5.41, 5.74) is 7.51. The lowest BCUT2D eigenvalue weighted by atomic mass is 10.0. The number of hydrogen-bond donors (Lipinski definition) is 2. The highest BCUT2D eigenvalue weighted by Gasteiger charge is 2.25. The standard InChI is InChI=1S/C17H19N5O/c1-9-6-13-14(7-10(9)2)19-17(18-13)16-12-4-5-22(11(3)23)8-15(12)20-21-16/h6-7H,4-5,8H2,1-3H3,(H,18,19)(H,20,21). The number of hydrogen-bond acceptors (Lipinski definition) is 3. The molecule has 3 aromatic rings. The second kappa shape index (κ2) is 4.94. The first-order valence-corrected chi connectivity index (χ1v) is 7.82. The molecule has 0 unspecified atom stereocenters. The molecule has 2 N–H and O–H groups in total. The van der Waals surface area contributed by atoms with Gasteiger partial charge in [-0.2, -0.15) is 5.10 Å². The van der Waals surface area contributed by atoms with E-state index < -0.39 is 0 Å². The maximum Gasteiger partial charge on any atom is 0.219 e. The number of rotatable bonds is 1. The fourth-order valence-corrected chi connectivity index (χ4v) is 3.16. The van der Waals surface area contributed by atoms with Gasteiger partial charge < -0.3 is 9.88 Å². The zero-order valence-corrected chi connectivity index (χ0v) is 13.5. The van der Waals surface area contributed by atoms with E-state index in [0.717, 1.165) is 46.8 Å². The van der Waals surface area contributed by atoms with Crippen molar-refractivity contribution in [2.45, 2.75) is 33.7 Å². The molecule has 0 atom stereocenters. The number of nitrogens with zero attached hydrogens (tertiary/aromatic N) is 3. The van der Waals surface area contributed by atoms with Crippen LogP contribution < -0.4 is 0 Å². The third kappa shape index (κ3) is 2.21. The first kappa shape index (κ1) is 14.0. The van der Waals surface area contributed by atoms with E-state index in [0.29, 0.717) is 6.54 Å². The number of imidazole rings is 1. The van der Waals surface area contributed by atoms with Gasteiger partial charge in [-0.05, 0) is 43.5 Å². The molecule has 1 aliphatic rings. The summed E-state index contributed by atoms with van der Waals surface area (Å²) in [6.07, 6.45) is 0.801. The Balaban J connectivity index is 1.76. The van der Waals surface area contributed by atoms with Gasteiger partial charge in [0.05, 0.1) is 23.3 Å². The largest absolute Gasteiger partial charge is 0.337 e. The summed E-state index contributed by atoms with van der Waals surface area (Å²) in [7, 11) is 0. The molecule has 0 aliphatic carbocycles. The molecular formula is C17H19N5O. The number of aromatic nitrogens is 4. The van der Waals surface area contributed by atoms with E-state index in [2.05, 4.69) is 41.2 Å². The summed E-state index contributed by atoms with van der Waals surface area (Å²) in [5, 5.41) is 7.52. The lowest BCUT2D eigenvalue weighted by molar-refractivity contribution is -0.129. The van der Waals surface area contributed by atoms with Crippen LogP contribution in [0.1, 0.15) is 29.3 Å². The van der Waals surface area contributed by atoms with Crippen LogP contribution in [0.3, 0.4) is 0 Å². The van der Waals surface area contributed by atoms with Crippen LogP contribution in [0.4, 0.5) is 0 Å². The third-order valence-electron chi connectivity index (χ3n) is 4.70. The molecule has 0 radical (unpaired) electrons. The average Bonchev–Trinajstić information content (AvgIpc) is 3.10. The molecule has 2 aromatic heterocycles. The van der Waals surface area contributed by atoms with Crippen molar-refractivity contribution in [3.63, 3.8) is 0 Å². The van der Waals surface area contributed by atoms with Crippen LogP contribution in [0.15, 0.2) is 12.1 Å². The van der Waals surface area contributed by atoms with E-state index in [-0.39, 0.29) is 5.91 Å². The van der Waals surface area contributed by atoms with Crippen molar-refractivity contribution in [1.82, 2.24) is 25.1 Å². The third-order valence-corrected chi connectivity index (χ3v) is 4.70. The van der Waals surface area contributed by atoms with Crippen LogP contribution in [-0.2, 0) is 17.8 Å². The molecule has 0 spiro atoms. The molecule has 4 rings (SSSR count). The molecule has 6 heteroatoms. The van der Waals surface area contributed by atoms with Crippen molar-refractivity contribution in [3.05, 3.63) is 34.5 Å². The monoisotopic (exact) mass is 309 g/mol. The Morgan fingerprint density at radius 2 is 2.04 bits per heavy atom. The number of aromatic amines is 2. The van der Waals surface area contributed by atoms with E-state index in [1.807, 2.05) is 4.90 Å². The lowest BCUT2D eigenvalue weighted by Gasteiger charge is -2.25. The number of carbonyl (C=O) groups is 1. The van der Waals surface area contributed by atoms with Gasteiger partial charge in [0.15, 0.2) is 5.82 Å². The van der Waals surface area contributed by atoms with Gasteiger partial charge in [-0.25, -0.2) is 4.98 Å². The van der Waals surface area contributed by atoms with Crippen LogP contribution in [-0.4, -0.2) is 37.5 Å². The Bertz CT molecular complexity index is 882. The van der Waals surface area contributed by atoms with E-state index >= 15 is 0 Å². The Morgan fingerprint density at radius 3 is 2.83 bits per heavy atom. The van der Waals surface area contributed by atoms with E-state index in [9.17, 15) is 4.79 Å². The smallest absolute Gasteiger partial charge is 0.219 e.